The molecule has 108 heavy (non-hydrogen) atoms. The van der Waals surface area contributed by atoms with E-state index in [2.05, 4.69) is 383 Å². The lowest BCUT2D eigenvalue weighted by Gasteiger charge is -2.36. The highest BCUT2D eigenvalue weighted by Crippen LogP contribution is 2.65. The van der Waals surface area contributed by atoms with Gasteiger partial charge in [0.25, 0.3) is 0 Å². The minimum atomic E-state index is -1.13. The second-order valence-corrected chi connectivity index (χ2v) is 34.0. The van der Waals surface area contributed by atoms with Crippen LogP contribution in [0.1, 0.15) is 128 Å². The van der Waals surface area contributed by atoms with Gasteiger partial charge in [0, 0.05) is 76.7 Å². The molecule has 0 spiro atoms. The molecule has 1 unspecified atom stereocenters. The minimum Gasteiger partial charge on any atom is -0.455 e. The molecular weight excluding hydrogens is 1320 g/mol. The van der Waals surface area contributed by atoms with Gasteiger partial charge in [-0.3, -0.25) is 0 Å². The third-order valence-corrected chi connectivity index (χ3v) is 23.3. The molecule has 0 radical (unpaired) electrons. The van der Waals surface area contributed by atoms with Gasteiger partial charge in [-0.2, -0.15) is 0 Å². The summed E-state index contributed by atoms with van der Waals surface area (Å²) in [4.78, 5) is 4.84. The molecule has 0 fully saturated rings. The molecular formula is C101H83N3O4. The van der Waals surface area contributed by atoms with Crippen LogP contribution in [0.5, 0.6) is 0 Å². The van der Waals surface area contributed by atoms with Crippen LogP contribution in [0.3, 0.4) is 0 Å². The van der Waals surface area contributed by atoms with Gasteiger partial charge in [-0.25, -0.2) is 0 Å². The lowest BCUT2D eigenvalue weighted by Crippen LogP contribution is -2.29. The van der Waals surface area contributed by atoms with E-state index in [1.807, 2.05) is 0 Å². The minimum absolute atomic E-state index is 0.0608. The predicted octanol–water partition coefficient (Wildman–Crippen LogP) is 28.9. The van der Waals surface area contributed by atoms with Gasteiger partial charge in [0.05, 0.1) is 44.6 Å². The van der Waals surface area contributed by atoms with Crippen LogP contribution >= 0.6 is 0 Å². The van der Waals surface area contributed by atoms with Crippen molar-refractivity contribution in [1.82, 2.24) is 4.57 Å². The zero-order valence-corrected chi connectivity index (χ0v) is 63.1. The maximum absolute atomic E-state index is 7.88. The number of rotatable bonds is 9. The van der Waals surface area contributed by atoms with E-state index in [0.29, 0.717) is 0 Å². The third kappa shape index (κ3) is 9.72. The largest absolute Gasteiger partial charge is 0.455 e. The van der Waals surface area contributed by atoms with Crippen LogP contribution in [0, 0.1) is 0 Å². The van der Waals surface area contributed by atoms with Crippen molar-refractivity contribution in [2.75, 3.05) is 9.80 Å². The lowest BCUT2D eigenvalue weighted by atomic mass is 9.67. The number of para-hydroxylation sites is 7. The number of nitrogens with zero attached hydrogens (tertiary/aromatic N) is 3. The van der Waals surface area contributed by atoms with Gasteiger partial charge < -0.3 is 32.0 Å². The highest BCUT2D eigenvalue weighted by atomic mass is 16.3. The Labute approximate surface area is 628 Å². The van der Waals surface area contributed by atoms with Gasteiger partial charge >= 0.3 is 0 Å². The molecule has 1 aliphatic carbocycles. The van der Waals surface area contributed by atoms with Gasteiger partial charge in [0.15, 0.2) is 16.7 Å². The van der Waals surface area contributed by atoms with Crippen LogP contribution in [-0.4, -0.2) is 4.57 Å². The first-order valence-corrected chi connectivity index (χ1v) is 37.9. The second-order valence-electron chi connectivity index (χ2n) is 34.0. The van der Waals surface area contributed by atoms with Gasteiger partial charge in [-0.15, -0.1) is 0 Å². The van der Waals surface area contributed by atoms with Gasteiger partial charge in [0.1, 0.15) is 27.9 Å². The van der Waals surface area contributed by atoms with E-state index in [1.165, 1.54) is 33.0 Å². The molecule has 14 aromatic carbocycles. The standard InChI is InChI=1S/C101H83N3O4/c1-97(2,3)60-40-42-62(43-41-60)101(63-46-52-67(53-47-63)102-79-54-48-64(99(7,8)9)56-75(79)76-57-65(100(10,11)12)49-55-80(76)102)77-59-84(104(66-26-14-13-15-27-66)82-35-25-33-72-70-29-17-21-37-86(70)106-94(72)82)95-90(74-31-19-23-39-88(74)107-95)91(77)92-78(101)58-83(89-73-30-18-22-38-87(73)108-96(89)92)103(68-50-44-61(45-51-68)98(4,5)6)81-34-24-32-71-69-28-16-20-36-85(69)105-93(71)81/h13-59H,1-12H3. The van der Waals surface area contributed by atoms with E-state index in [0.717, 1.165) is 172 Å². The first-order chi connectivity index (χ1) is 52.1. The van der Waals surface area contributed by atoms with Crippen molar-refractivity contribution >= 4 is 144 Å². The fourth-order valence-electron chi connectivity index (χ4n) is 17.8. The molecule has 0 saturated heterocycles. The molecule has 20 rings (SSSR count). The van der Waals surface area contributed by atoms with Crippen molar-refractivity contribution < 1.29 is 17.7 Å². The van der Waals surface area contributed by atoms with Gasteiger partial charge in [-0.1, -0.05) is 259 Å². The topological polar surface area (TPSA) is 64.0 Å². The number of anilines is 6. The normalized spacial score (nSPS) is 14.3. The monoisotopic (exact) mass is 1400 g/mol. The molecule has 0 amide bonds. The Morgan fingerprint density at radius 3 is 1.16 bits per heavy atom. The number of fused-ring (bicyclic) bond motifs is 20. The Kier molecular flexibility index (Phi) is 14.1. The van der Waals surface area contributed by atoms with Crippen molar-refractivity contribution in [3.63, 3.8) is 0 Å². The van der Waals surface area contributed by atoms with Gasteiger partial charge in [0.2, 0.25) is 0 Å². The van der Waals surface area contributed by atoms with Crippen LogP contribution in [0.25, 0.3) is 126 Å². The molecule has 0 N–H and O–H groups in total. The average molecular weight is 1400 g/mol. The molecule has 7 heteroatoms. The summed E-state index contributed by atoms with van der Waals surface area (Å²) in [6.07, 6.45) is 0. The number of hydrogen-bond donors (Lipinski definition) is 0. The molecule has 0 aliphatic heterocycles. The zero-order chi connectivity index (χ0) is 73.7. The summed E-state index contributed by atoms with van der Waals surface area (Å²) in [7, 11) is 0. The number of benzene rings is 14. The zero-order valence-electron chi connectivity index (χ0n) is 63.1. The molecule has 19 aromatic rings. The molecule has 526 valence electrons. The second kappa shape index (κ2) is 23.3. The maximum atomic E-state index is 7.88. The van der Waals surface area contributed by atoms with E-state index in [-0.39, 0.29) is 21.7 Å². The quantitative estimate of drug-likeness (QED) is 0.143. The first-order valence-electron chi connectivity index (χ1n) is 37.9. The molecule has 5 aromatic heterocycles. The Hall–Kier alpha value is -12.3. The fraction of sp³-hybridized carbons (Fsp3) is 0.168. The Morgan fingerprint density at radius 1 is 0.269 bits per heavy atom. The van der Waals surface area contributed by atoms with E-state index in [9.17, 15) is 0 Å². The van der Waals surface area contributed by atoms with E-state index in [4.69, 9.17) is 17.7 Å². The van der Waals surface area contributed by atoms with Crippen molar-refractivity contribution in [3.8, 4) is 16.8 Å². The van der Waals surface area contributed by atoms with Crippen molar-refractivity contribution in [2.45, 2.75) is 110 Å². The Balaban J connectivity index is 0.971. The van der Waals surface area contributed by atoms with Crippen molar-refractivity contribution in [2.24, 2.45) is 0 Å². The fourth-order valence-corrected chi connectivity index (χ4v) is 17.8. The third-order valence-electron chi connectivity index (χ3n) is 23.3. The lowest BCUT2D eigenvalue weighted by molar-refractivity contribution is 0.589. The van der Waals surface area contributed by atoms with Crippen LogP contribution in [0.4, 0.5) is 34.1 Å². The molecule has 0 saturated carbocycles. The van der Waals surface area contributed by atoms with Crippen LogP contribution in [0.2, 0.25) is 0 Å². The summed E-state index contributed by atoms with van der Waals surface area (Å²) in [5.41, 5.74) is 25.0. The van der Waals surface area contributed by atoms with E-state index < -0.39 is 5.41 Å². The first kappa shape index (κ1) is 65.2. The average Bonchev–Trinajstić information content (AvgIpc) is 1.49. The summed E-state index contributed by atoms with van der Waals surface area (Å²) >= 11 is 0. The van der Waals surface area contributed by atoms with Crippen molar-refractivity contribution in [3.05, 3.63) is 330 Å². The summed E-state index contributed by atoms with van der Waals surface area (Å²) < 4.78 is 32.4. The van der Waals surface area contributed by atoms with E-state index in [1.54, 1.807) is 0 Å². The Morgan fingerprint density at radius 2 is 0.648 bits per heavy atom. The number of hydrogen-bond acceptors (Lipinski definition) is 6. The molecule has 0 bridgehead atoms. The van der Waals surface area contributed by atoms with Crippen molar-refractivity contribution in [1.29, 1.82) is 0 Å². The molecule has 1 atom stereocenters. The summed E-state index contributed by atoms with van der Waals surface area (Å²) in [6.45, 7) is 27.7. The Bertz CT molecular complexity index is 6820. The highest BCUT2D eigenvalue weighted by molar-refractivity contribution is 6.27. The number of furan rings is 4. The molecule has 7 nitrogen and oxygen atoms in total. The number of aromatic nitrogens is 1. The summed E-state index contributed by atoms with van der Waals surface area (Å²) in [5.74, 6) is 0. The van der Waals surface area contributed by atoms with Crippen LogP contribution < -0.4 is 9.80 Å². The van der Waals surface area contributed by atoms with Crippen LogP contribution in [0.15, 0.2) is 303 Å². The molecule has 1 aliphatic rings. The summed E-state index contributed by atoms with van der Waals surface area (Å²) in [6, 6.07) is 106. The SMILES string of the molecule is CC(C)(C)c1ccc(N(c2cccc3c2oc2ccccc23)c2cc3c(c4oc5ccccc5c24)-c2c(cc(N(c4ccccc4)c4cccc5c4oc4ccccc45)c4oc5ccccc5c24)C3(c2ccc(-n3c4ccc(C(C)(C)C)cc4c4cc(C(C)(C)C)ccc43)cc2)c2ccc(C(C)(C)C)cc2)cc1. The van der Waals surface area contributed by atoms with Crippen LogP contribution in [-0.2, 0) is 27.1 Å². The van der Waals surface area contributed by atoms with E-state index >= 15 is 0 Å². The van der Waals surface area contributed by atoms with Gasteiger partial charge in [-0.05, 0) is 175 Å². The maximum Gasteiger partial charge on any atom is 0.160 e. The predicted molar refractivity (Wildman–Crippen MR) is 451 cm³/mol. The molecule has 5 heterocycles. The smallest absolute Gasteiger partial charge is 0.160 e. The summed E-state index contributed by atoms with van der Waals surface area (Å²) in [5, 5.41) is 10.6. The highest BCUT2D eigenvalue weighted by Gasteiger charge is 2.51.